The van der Waals surface area contributed by atoms with Crippen molar-refractivity contribution in [2.45, 2.75) is 6.92 Å². The van der Waals surface area contributed by atoms with Crippen LogP contribution in [0.5, 0.6) is 0 Å². The fourth-order valence-electron chi connectivity index (χ4n) is 2.07. The van der Waals surface area contributed by atoms with E-state index in [1.54, 1.807) is 30.4 Å². The van der Waals surface area contributed by atoms with Gasteiger partial charge in [0.25, 0.3) is 10.1 Å². The third-order valence-electron chi connectivity index (χ3n) is 3.21. The van der Waals surface area contributed by atoms with E-state index in [2.05, 4.69) is 0 Å². The largest absolute Gasteiger partial charge is 0.354 e. The van der Waals surface area contributed by atoms with Crippen molar-refractivity contribution < 1.29 is 17.8 Å². The molecule has 0 bridgehead atoms. The van der Waals surface area contributed by atoms with Gasteiger partial charge in [-0.2, -0.15) is 8.42 Å². The summed E-state index contributed by atoms with van der Waals surface area (Å²) in [5, 5.41) is 0. The molecule has 0 saturated carbocycles. The van der Waals surface area contributed by atoms with Crippen molar-refractivity contribution in [3.8, 4) is 0 Å². The Morgan fingerprint density at radius 3 is 2.36 bits per heavy atom. The molecule has 0 aromatic rings. The maximum absolute atomic E-state index is 11.8. The van der Waals surface area contributed by atoms with Crippen molar-refractivity contribution in [1.29, 1.82) is 0 Å². The lowest BCUT2D eigenvalue weighted by Gasteiger charge is -2.17. The SMILES string of the molecule is CCN1C=CC(=C(/C=C2\C=CC=CC2=O)CS(=O)(=O)O)C=C1. The number of ketones is 1. The fraction of sp³-hybridized carbons (Fsp3) is 0.188. The average Bonchev–Trinajstić information content (AvgIpc) is 2.47. The molecule has 2 rings (SSSR count). The summed E-state index contributed by atoms with van der Waals surface area (Å²) in [6.45, 7) is 2.78. The summed E-state index contributed by atoms with van der Waals surface area (Å²) in [7, 11) is -4.20. The van der Waals surface area contributed by atoms with E-state index < -0.39 is 15.9 Å². The molecule has 2 aliphatic rings. The third-order valence-corrected chi connectivity index (χ3v) is 3.89. The minimum Gasteiger partial charge on any atom is -0.354 e. The summed E-state index contributed by atoms with van der Waals surface area (Å²) in [5.74, 6) is -0.743. The van der Waals surface area contributed by atoms with Gasteiger partial charge in [-0.15, -0.1) is 0 Å². The first-order chi connectivity index (χ1) is 10.4. The molecule has 1 aliphatic heterocycles. The Kier molecular flexibility index (Phi) is 4.95. The molecule has 6 heteroatoms. The molecule has 1 aliphatic carbocycles. The molecule has 0 fully saturated rings. The van der Waals surface area contributed by atoms with Gasteiger partial charge >= 0.3 is 0 Å². The van der Waals surface area contributed by atoms with Gasteiger partial charge in [-0.25, -0.2) is 0 Å². The molecular weight excluding hydrogens is 302 g/mol. The van der Waals surface area contributed by atoms with E-state index in [1.807, 2.05) is 24.2 Å². The zero-order chi connectivity index (χ0) is 16.2. The fourth-order valence-corrected chi connectivity index (χ4v) is 2.72. The number of carbonyl (C=O) groups excluding carboxylic acids is 1. The Morgan fingerprint density at radius 1 is 1.18 bits per heavy atom. The predicted molar refractivity (Wildman–Crippen MR) is 85.5 cm³/mol. The van der Waals surface area contributed by atoms with Crippen LogP contribution in [-0.4, -0.2) is 36.0 Å². The van der Waals surface area contributed by atoms with E-state index in [0.717, 1.165) is 6.54 Å². The van der Waals surface area contributed by atoms with Crippen molar-refractivity contribution in [1.82, 2.24) is 4.90 Å². The second kappa shape index (κ2) is 6.72. The molecule has 5 nitrogen and oxygen atoms in total. The van der Waals surface area contributed by atoms with Crippen LogP contribution in [0.2, 0.25) is 0 Å². The molecule has 0 aromatic heterocycles. The van der Waals surface area contributed by atoms with Crippen molar-refractivity contribution in [3.05, 3.63) is 71.7 Å². The normalized spacial score (nSPS) is 19.4. The zero-order valence-electron chi connectivity index (χ0n) is 12.1. The second-order valence-electron chi connectivity index (χ2n) is 4.85. The zero-order valence-corrected chi connectivity index (χ0v) is 13.0. The number of allylic oxidation sites excluding steroid dienone is 9. The smallest absolute Gasteiger partial charge is 0.269 e. The third kappa shape index (κ3) is 4.41. The molecule has 0 saturated heterocycles. The van der Waals surface area contributed by atoms with Crippen LogP contribution in [0.4, 0.5) is 0 Å². The lowest BCUT2D eigenvalue weighted by Crippen LogP contribution is -2.13. The van der Waals surface area contributed by atoms with Crippen LogP contribution in [0, 0.1) is 0 Å². The molecular formula is C16H17NO4S. The maximum Gasteiger partial charge on any atom is 0.269 e. The summed E-state index contributed by atoms with van der Waals surface area (Å²) in [6.07, 6.45) is 15.0. The topological polar surface area (TPSA) is 74.7 Å². The molecule has 0 radical (unpaired) electrons. The van der Waals surface area contributed by atoms with Crippen LogP contribution in [-0.2, 0) is 14.9 Å². The number of hydrogen-bond acceptors (Lipinski definition) is 4. The number of carbonyl (C=O) groups is 1. The van der Waals surface area contributed by atoms with Gasteiger partial charge in [0.15, 0.2) is 5.78 Å². The predicted octanol–water partition coefficient (Wildman–Crippen LogP) is 2.16. The van der Waals surface area contributed by atoms with Gasteiger partial charge in [0, 0.05) is 24.5 Å². The van der Waals surface area contributed by atoms with Gasteiger partial charge < -0.3 is 4.90 Å². The Hall–Kier alpha value is -2.18. The van der Waals surface area contributed by atoms with Crippen LogP contribution < -0.4 is 0 Å². The van der Waals surface area contributed by atoms with Crippen molar-refractivity contribution >= 4 is 15.9 Å². The highest BCUT2D eigenvalue weighted by Gasteiger charge is 2.15. The lowest BCUT2D eigenvalue weighted by molar-refractivity contribution is -0.111. The van der Waals surface area contributed by atoms with Crippen molar-refractivity contribution in [2.24, 2.45) is 0 Å². The van der Waals surface area contributed by atoms with Gasteiger partial charge in [0.1, 0.15) is 5.75 Å². The average molecular weight is 319 g/mol. The molecule has 1 N–H and O–H groups in total. The van der Waals surface area contributed by atoms with Crippen LogP contribution in [0.15, 0.2) is 71.7 Å². The van der Waals surface area contributed by atoms with Crippen LogP contribution in [0.1, 0.15) is 6.92 Å². The van der Waals surface area contributed by atoms with Crippen molar-refractivity contribution in [2.75, 3.05) is 12.3 Å². The first-order valence-corrected chi connectivity index (χ1v) is 8.41. The van der Waals surface area contributed by atoms with E-state index in [0.29, 0.717) is 16.7 Å². The molecule has 0 spiro atoms. The van der Waals surface area contributed by atoms with E-state index >= 15 is 0 Å². The van der Waals surface area contributed by atoms with Gasteiger partial charge in [0.2, 0.25) is 0 Å². The highest BCUT2D eigenvalue weighted by Crippen LogP contribution is 2.19. The second-order valence-corrected chi connectivity index (χ2v) is 6.30. The van der Waals surface area contributed by atoms with Crippen LogP contribution in [0.25, 0.3) is 0 Å². The maximum atomic E-state index is 11.8. The Labute approximate surface area is 130 Å². The molecule has 0 aromatic carbocycles. The van der Waals surface area contributed by atoms with E-state index in [1.165, 1.54) is 12.2 Å². The summed E-state index contributed by atoms with van der Waals surface area (Å²) in [5.41, 5.74) is 1.40. The summed E-state index contributed by atoms with van der Waals surface area (Å²) < 4.78 is 31.6. The molecule has 0 atom stereocenters. The number of nitrogens with zero attached hydrogens (tertiary/aromatic N) is 1. The van der Waals surface area contributed by atoms with Gasteiger partial charge in [0.05, 0.1) is 0 Å². The van der Waals surface area contributed by atoms with Gasteiger partial charge in [-0.05, 0) is 42.4 Å². The van der Waals surface area contributed by atoms with Gasteiger partial charge in [-0.3, -0.25) is 9.35 Å². The summed E-state index contributed by atoms with van der Waals surface area (Å²) in [6, 6.07) is 0. The Bertz CT molecular complexity index is 733. The number of rotatable bonds is 4. The molecule has 0 amide bonds. The van der Waals surface area contributed by atoms with Gasteiger partial charge in [-0.1, -0.05) is 18.2 Å². The molecule has 116 valence electrons. The molecule has 22 heavy (non-hydrogen) atoms. The minimum absolute atomic E-state index is 0.199. The van der Waals surface area contributed by atoms with E-state index in [9.17, 15) is 13.2 Å². The summed E-state index contributed by atoms with van der Waals surface area (Å²) >= 11 is 0. The standard InChI is InChI=1S/C16H17NO4S/c1-2-17-9-7-13(8-10-17)15(12-22(19,20)21)11-14-5-3-4-6-16(14)18/h3-11H,2,12H2,1H3,(H,19,20,21)/b14-11+. The monoisotopic (exact) mass is 319 g/mol. The minimum atomic E-state index is -4.20. The highest BCUT2D eigenvalue weighted by atomic mass is 32.2. The van der Waals surface area contributed by atoms with E-state index in [4.69, 9.17) is 4.55 Å². The number of hydrogen-bond donors (Lipinski definition) is 1. The Balaban J connectivity index is 2.43. The van der Waals surface area contributed by atoms with Crippen LogP contribution >= 0.6 is 0 Å². The summed E-state index contributed by atoms with van der Waals surface area (Å²) in [4.78, 5) is 13.7. The quantitative estimate of drug-likeness (QED) is 0.635. The first kappa shape index (κ1) is 16.2. The molecule has 1 heterocycles. The van der Waals surface area contributed by atoms with Crippen LogP contribution in [0.3, 0.4) is 0 Å². The van der Waals surface area contributed by atoms with E-state index in [-0.39, 0.29) is 5.78 Å². The highest BCUT2D eigenvalue weighted by molar-refractivity contribution is 7.86. The lowest BCUT2D eigenvalue weighted by atomic mass is 10.0. The van der Waals surface area contributed by atoms with Crippen molar-refractivity contribution in [3.63, 3.8) is 0 Å². The Morgan fingerprint density at radius 2 is 1.82 bits per heavy atom. The first-order valence-electron chi connectivity index (χ1n) is 6.80. The molecule has 0 unspecified atom stereocenters.